The van der Waals surface area contributed by atoms with Gasteiger partial charge in [0.1, 0.15) is 11.6 Å². The zero-order chi connectivity index (χ0) is 15.9. The fourth-order valence-electron chi connectivity index (χ4n) is 4.45. The summed E-state index contributed by atoms with van der Waals surface area (Å²) < 4.78 is 0. The van der Waals surface area contributed by atoms with Crippen molar-refractivity contribution in [3.63, 3.8) is 0 Å². The average molecular weight is 334 g/mol. The molecule has 1 aromatic rings. The number of imide groups is 1. The number of nitrogens with one attached hydrogen (secondary N) is 2. The monoisotopic (exact) mass is 334 g/mol. The van der Waals surface area contributed by atoms with Crippen molar-refractivity contribution in [1.82, 2.24) is 10.2 Å². The van der Waals surface area contributed by atoms with Gasteiger partial charge in [-0.1, -0.05) is 25.3 Å². The molecule has 2 saturated heterocycles. The lowest BCUT2D eigenvalue weighted by molar-refractivity contribution is -0.925. The molecule has 0 bridgehead atoms. The SMILES string of the molecule is O=C1NC2(CCCCC2)C(=O)N1C[NH+]1CCC[C@@H]1c1cccs1. The summed E-state index contributed by atoms with van der Waals surface area (Å²) in [6, 6.07) is 4.51. The molecule has 3 amide bonds. The molecule has 1 aromatic heterocycles. The third kappa shape index (κ3) is 2.58. The van der Waals surface area contributed by atoms with E-state index in [0.29, 0.717) is 12.7 Å². The number of rotatable bonds is 3. The number of quaternary nitrogens is 1. The summed E-state index contributed by atoms with van der Waals surface area (Å²) in [5.41, 5.74) is -0.590. The van der Waals surface area contributed by atoms with Gasteiger partial charge in [0.25, 0.3) is 5.91 Å². The standard InChI is InChI=1S/C17H23N3O2S/c21-15-17(8-2-1-3-9-17)18-16(22)20(15)12-19-10-4-6-13(19)14-7-5-11-23-14/h5,7,11,13H,1-4,6,8-10,12H2,(H,18,22)/p+1/t13-/m1/s1. The minimum absolute atomic E-state index is 0.0199. The Labute approximate surface area is 140 Å². The van der Waals surface area contributed by atoms with Crippen LogP contribution in [0.1, 0.15) is 55.9 Å². The minimum atomic E-state index is -0.590. The highest BCUT2D eigenvalue weighted by atomic mass is 32.1. The van der Waals surface area contributed by atoms with E-state index in [0.717, 1.165) is 45.1 Å². The third-order valence-electron chi connectivity index (χ3n) is 5.68. The highest BCUT2D eigenvalue weighted by Crippen LogP contribution is 2.33. The third-order valence-corrected chi connectivity index (χ3v) is 6.67. The van der Waals surface area contributed by atoms with Gasteiger partial charge in [-0.05, 0) is 24.3 Å². The Bertz CT molecular complexity index is 595. The number of hydrogen-bond acceptors (Lipinski definition) is 3. The molecule has 3 fully saturated rings. The van der Waals surface area contributed by atoms with E-state index in [4.69, 9.17) is 0 Å². The van der Waals surface area contributed by atoms with Crippen molar-refractivity contribution in [1.29, 1.82) is 0 Å². The Balaban J connectivity index is 1.50. The maximum absolute atomic E-state index is 12.9. The highest BCUT2D eigenvalue weighted by Gasteiger charge is 2.52. The summed E-state index contributed by atoms with van der Waals surface area (Å²) in [4.78, 5) is 29.5. The van der Waals surface area contributed by atoms with Gasteiger partial charge < -0.3 is 10.2 Å². The molecule has 5 nitrogen and oxygen atoms in total. The largest absolute Gasteiger partial charge is 0.329 e. The van der Waals surface area contributed by atoms with Crippen LogP contribution >= 0.6 is 11.3 Å². The van der Waals surface area contributed by atoms with Crippen molar-refractivity contribution in [3.05, 3.63) is 22.4 Å². The van der Waals surface area contributed by atoms with E-state index in [-0.39, 0.29) is 11.9 Å². The number of amides is 3. The minimum Gasteiger partial charge on any atom is -0.323 e. The van der Waals surface area contributed by atoms with Crippen LogP contribution in [0.2, 0.25) is 0 Å². The van der Waals surface area contributed by atoms with Gasteiger partial charge in [-0.3, -0.25) is 4.79 Å². The molecule has 124 valence electrons. The first kappa shape index (κ1) is 15.1. The normalized spacial score (nSPS) is 30.2. The van der Waals surface area contributed by atoms with Crippen LogP contribution in [0.25, 0.3) is 0 Å². The van der Waals surface area contributed by atoms with E-state index in [9.17, 15) is 9.59 Å². The van der Waals surface area contributed by atoms with Crippen LogP contribution in [0.4, 0.5) is 4.79 Å². The lowest BCUT2D eigenvalue weighted by Crippen LogP contribution is -3.12. The molecule has 6 heteroatoms. The summed E-state index contributed by atoms with van der Waals surface area (Å²) in [7, 11) is 0. The van der Waals surface area contributed by atoms with Gasteiger partial charge in [0.2, 0.25) is 0 Å². The Morgan fingerprint density at radius 2 is 2.09 bits per heavy atom. The van der Waals surface area contributed by atoms with Gasteiger partial charge in [-0.2, -0.15) is 0 Å². The molecule has 2 aliphatic heterocycles. The van der Waals surface area contributed by atoms with Gasteiger partial charge >= 0.3 is 6.03 Å². The molecule has 0 aromatic carbocycles. The Morgan fingerprint density at radius 3 is 2.83 bits per heavy atom. The first-order chi connectivity index (χ1) is 11.2. The molecule has 3 aliphatic rings. The molecule has 1 saturated carbocycles. The molecular weight excluding hydrogens is 310 g/mol. The first-order valence-corrected chi connectivity index (χ1v) is 9.60. The molecule has 1 unspecified atom stereocenters. The number of carbonyl (C=O) groups excluding carboxylic acids is 2. The van der Waals surface area contributed by atoms with Crippen molar-refractivity contribution in [2.75, 3.05) is 13.2 Å². The van der Waals surface area contributed by atoms with Crippen LogP contribution < -0.4 is 10.2 Å². The van der Waals surface area contributed by atoms with Crippen molar-refractivity contribution >= 4 is 23.3 Å². The Morgan fingerprint density at radius 1 is 1.26 bits per heavy atom. The second-order valence-corrected chi connectivity index (χ2v) is 8.06. The summed E-state index contributed by atoms with van der Waals surface area (Å²) in [6.07, 6.45) is 7.15. The number of hydrogen-bond donors (Lipinski definition) is 2. The van der Waals surface area contributed by atoms with Crippen molar-refractivity contribution in [3.8, 4) is 0 Å². The van der Waals surface area contributed by atoms with Crippen LogP contribution in [-0.4, -0.2) is 35.6 Å². The maximum Gasteiger partial charge on any atom is 0.329 e. The molecule has 2 N–H and O–H groups in total. The van der Waals surface area contributed by atoms with Crippen LogP contribution in [0.5, 0.6) is 0 Å². The topological polar surface area (TPSA) is 53.9 Å². The van der Waals surface area contributed by atoms with Crippen LogP contribution in [0.3, 0.4) is 0 Å². The van der Waals surface area contributed by atoms with E-state index in [1.165, 1.54) is 21.1 Å². The predicted octanol–water partition coefficient (Wildman–Crippen LogP) is 1.68. The summed E-state index contributed by atoms with van der Waals surface area (Å²) in [6.45, 7) is 1.54. The van der Waals surface area contributed by atoms with Gasteiger partial charge in [-0.25, -0.2) is 9.69 Å². The second kappa shape index (κ2) is 5.91. The van der Waals surface area contributed by atoms with E-state index in [1.54, 1.807) is 11.3 Å². The van der Waals surface area contributed by atoms with E-state index in [2.05, 4.69) is 22.8 Å². The fraction of sp³-hybridized carbons (Fsp3) is 0.647. The molecule has 1 spiro atoms. The maximum atomic E-state index is 12.9. The highest BCUT2D eigenvalue weighted by molar-refractivity contribution is 7.10. The lowest BCUT2D eigenvalue weighted by Gasteiger charge is -2.31. The zero-order valence-electron chi connectivity index (χ0n) is 13.3. The van der Waals surface area contributed by atoms with Crippen molar-refractivity contribution in [2.24, 2.45) is 0 Å². The summed E-state index contributed by atoms with van der Waals surface area (Å²) >= 11 is 1.78. The Kier molecular flexibility index (Phi) is 3.89. The van der Waals surface area contributed by atoms with Crippen LogP contribution in [0.15, 0.2) is 17.5 Å². The zero-order valence-corrected chi connectivity index (χ0v) is 14.2. The number of likely N-dealkylation sites (tertiary alicyclic amines) is 1. The number of carbonyl (C=O) groups is 2. The molecular formula is C17H24N3O2S+. The van der Waals surface area contributed by atoms with E-state index >= 15 is 0 Å². The predicted molar refractivity (Wildman–Crippen MR) is 88.2 cm³/mol. The van der Waals surface area contributed by atoms with Crippen LogP contribution in [0, 0.1) is 0 Å². The number of thiophene rings is 1. The lowest BCUT2D eigenvalue weighted by atomic mass is 9.82. The molecule has 1 aliphatic carbocycles. The summed E-state index contributed by atoms with van der Waals surface area (Å²) in [5.74, 6) is 0.0199. The molecule has 0 radical (unpaired) electrons. The van der Waals surface area contributed by atoms with Crippen molar-refractivity contribution in [2.45, 2.75) is 56.5 Å². The van der Waals surface area contributed by atoms with Gasteiger partial charge in [-0.15, -0.1) is 11.3 Å². The van der Waals surface area contributed by atoms with Gasteiger partial charge in [0.15, 0.2) is 6.67 Å². The van der Waals surface area contributed by atoms with Gasteiger partial charge in [0.05, 0.1) is 11.4 Å². The average Bonchev–Trinajstić information content (AvgIpc) is 3.26. The fourth-order valence-corrected chi connectivity index (χ4v) is 5.37. The quantitative estimate of drug-likeness (QED) is 0.827. The second-order valence-electron chi connectivity index (χ2n) is 7.08. The number of urea groups is 1. The molecule has 3 heterocycles. The number of nitrogens with zero attached hydrogens (tertiary/aromatic N) is 1. The van der Waals surface area contributed by atoms with E-state index in [1.807, 2.05) is 0 Å². The van der Waals surface area contributed by atoms with E-state index < -0.39 is 5.54 Å². The Hall–Kier alpha value is -1.40. The van der Waals surface area contributed by atoms with Crippen molar-refractivity contribution < 1.29 is 14.5 Å². The van der Waals surface area contributed by atoms with Crippen LogP contribution in [-0.2, 0) is 4.79 Å². The molecule has 23 heavy (non-hydrogen) atoms. The van der Waals surface area contributed by atoms with Gasteiger partial charge in [0, 0.05) is 12.8 Å². The smallest absolute Gasteiger partial charge is 0.323 e. The molecule has 2 atom stereocenters. The molecule has 4 rings (SSSR count). The summed E-state index contributed by atoms with van der Waals surface area (Å²) in [5, 5.41) is 5.13. The first-order valence-electron chi connectivity index (χ1n) is 8.72.